The molecule has 1 aliphatic rings. The Balaban J connectivity index is 1.48. The molecule has 0 saturated carbocycles. The fourth-order valence-electron chi connectivity index (χ4n) is 3.95. The van der Waals surface area contributed by atoms with Gasteiger partial charge < -0.3 is 9.47 Å². The Bertz CT molecular complexity index is 1590. The number of aromatic nitrogens is 4. The minimum absolute atomic E-state index is 0.131. The highest BCUT2D eigenvalue weighted by molar-refractivity contribution is 7.98. The molecule has 3 heterocycles. The van der Waals surface area contributed by atoms with E-state index >= 15 is 0 Å². The third-order valence-electron chi connectivity index (χ3n) is 5.54. The van der Waals surface area contributed by atoms with Crippen molar-refractivity contribution in [1.29, 1.82) is 0 Å². The molecule has 1 aliphatic heterocycles. The first kappa shape index (κ1) is 20.1. The molecule has 164 valence electrons. The van der Waals surface area contributed by atoms with Crippen LogP contribution in [0, 0.1) is 6.92 Å². The second-order valence-corrected chi connectivity index (χ2v) is 9.06. The van der Waals surface area contributed by atoms with E-state index in [1.54, 1.807) is 4.57 Å². The minimum Gasteiger partial charge on any atom is -0.454 e. The van der Waals surface area contributed by atoms with Crippen LogP contribution in [0.2, 0.25) is 5.02 Å². The summed E-state index contributed by atoms with van der Waals surface area (Å²) in [6, 6.07) is 19.1. The summed E-state index contributed by atoms with van der Waals surface area (Å²) < 4.78 is 14.4. The summed E-state index contributed by atoms with van der Waals surface area (Å²) in [6.07, 6.45) is 0. The Labute approximate surface area is 197 Å². The van der Waals surface area contributed by atoms with Crippen molar-refractivity contribution in [3.63, 3.8) is 0 Å². The van der Waals surface area contributed by atoms with Gasteiger partial charge in [-0.3, -0.25) is 9.20 Å². The topological polar surface area (TPSA) is 70.7 Å². The lowest BCUT2D eigenvalue weighted by Crippen LogP contribution is -2.21. The lowest BCUT2D eigenvalue weighted by Gasteiger charge is -2.11. The predicted molar refractivity (Wildman–Crippen MR) is 128 cm³/mol. The molecule has 0 bridgehead atoms. The maximum Gasteiger partial charge on any atom is 0.267 e. The third kappa shape index (κ3) is 3.34. The number of aryl methyl sites for hydroxylation is 1. The van der Waals surface area contributed by atoms with E-state index in [9.17, 15) is 4.79 Å². The quantitative estimate of drug-likeness (QED) is 0.339. The maximum absolute atomic E-state index is 13.4. The molecule has 0 N–H and O–H groups in total. The number of thioether (sulfide) groups is 1. The number of nitrogens with zero attached hydrogens (tertiary/aromatic N) is 4. The molecule has 3 aromatic carbocycles. The van der Waals surface area contributed by atoms with Crippen LogP contribution >= 0.6 is 23.4 Å². The maximum atomic E-state index is 13.4. The Morgan fingerprint density at radius 2 is 1.88 bits per heavy atom. The van der Waals surface area contributed by atoms with Gasteiger partial charge in [-0.25, -0.2) is 4.57 Å². The fourth-order valence-corrected chi connectivity index (χ4v) is 5.11. The number of benzene rings is 3. The zero-order valence-corrected chi connectivity index (χ0v) is 19.1. The molecule has 2 aromatic heterocycles. The van der Waals surface area contributed by atoms with Gasteiger partial charge in [0.15, 0.2) is 16.7 Å². The highest BCUT2D eigenvalue weighted by Crippen LogP contribution is 2.41. The first-order chi connectivity index (χ1) is 16.1. The number of rotatable bonds is 4. The Kier molecular flexibility index (Phi) is 4.78. The standard InChI is InChI=1S/C24H17ClN4O3S/c1-14-6-8-16(9-7-14)28-22(30)17-4-2-3-5-19(17)29-23(28)26-27-24(29)33-12-15-10-18(25)21-20(11-15)31-13-32-21/h2-11H,12-13H2,1H3. The molecule has 33 heavy (non-hydrogen) atoms. The van der Waals surface area contributed by atoms with Crippen LogP contribution in [0.4, 0.5) is 0 Å². The van der Waals surface area contributed by atoms with Crippen molar-refractivity contribution in [2.24, 2.45) is 0 Å². The average Bonchev–Trinajstić information content (AvgIpc) is 3.47. The highest BCUT2D eigenvalue weighted by Gasteiger charge is 2.20. The smallest absolute Gasteiger partial charge is 0.267 e. The molecular weight excluding hydrogens is 460 g/mol. The lowest BCUT2D eigenvalue weighted by molar-refractivity contribution is 0.174. The molecule has 0 atom stereocenters. The van der Waals surface area contributed by atoms with Crippen LogP contribution in [-0.2, 0) is 5.75 Å². The molecule has 0 unspecified atom stereocenters. The second-order valence-electron chi connectivity index (χ2n) is 7.71. The third-order valence-corrected chi connectivity index (χ3v) is 6.82. The van der Waals surface area contributed by atoms with E-state index in [0.717, 1.165) is 22.3 Å². The van der Waals surface area contributed by atoms with Crippen LogP contribution in [0.3, 0.4) is 0 Å². The zero-order valence-electron chi connectivity index (χ0n) is 17.5. The fraction of sp³-hybridized carbons (Fsp3) is 0.125. The Morgan fingerprint density at radius 1 is 1.06 bits per heavy atom. The van der Waals surface area contributed by atoms with E-state index in [1.165, 1.54) is 11.8 Å². The monoisotopic (exact) mass is 476 g/mol. The average molecular weight is 477 g/mol. The van der Waals surface area contributed by atoms with Gasteiger partial charge in [0, 0.05) is 5.75 Å². The van der Waals surface area contributed by atoms with Crippen LogP contribution in [0.5, 0.6) is 11.5 Å². The number of hydrogen-bond acceptors (Lipinski definition) is 6. The highest BCUT2D eigenvalue weighted by atomic mass is 35.5. The molecule has 0 fully saturated rings. The summed E-state index contributed by atoms with van der Waals surface area (Å²) in [5.41, 5.74) is 3.46. The molecule has 0 aliphatic carbocycles. The van der Waals surface area contributed by atoms with Crippen molar-refractivity contribution in [1.82, 2.24) is 19.2 Å². The SMILES string of the molecule is Cc1ccc(-n2c(=O)c3ccccc3n3c(SCc4cc(Cl)c5c(c4)OCO5)nnc23)cc1. The summed E-state index contributed by atoms with van der Waals surface area (Å²) in [4.78, 5) is 13.4. The molecule has 5 aromatic rings. The van der Waals surface area contributed by atoms with Crippen LogP contribution < -0.4 is 15.0 Å². The van der Waals surface area contributed by atoms with E-state index in [-0.39, 0.29) is 12.4 Å². The van der Waals surface area contributed by atoms with E-state index in [1.807, 2.05) is 72.0 Å². The molecule has 0 spiro atoms. The minimum atomic E-state index is -0.131. The van der Waals surface area contributed by atoms with Crippen molar-refractivity contribution in [3.05, 3.63) is 87.2 Å². The predicted octanol–water partition coefficient (Wildman–Crippen LogP) is 5.02. The van der Waals surface area contributed by atoms with Gasteiger partial charge in [-0.2, -0.15) is 0 Å². The number of ether oxygens (including phenoxy) is 2. The first-order valence-corrected chi connectivity index (χ1v) is 11.6. The van der Waals surface area contributed by atoms with Crippen molar-refractivity contribution in [3.8, 4) is 17.2 Å². The number of halogens is 1. The van der Waals surface area contributed by atoms with Gasteiger partial charge in [-0.1, -0.05) is 53.2 Å². The largest absolute Gasteiger partial charge is 0.454 e. The van der Waals surface area contributed by atoms with Gasteiger partial charge in [0.25, 0.3) is 5.56 Å². The summed E-state index contributed by atoms with van der Waals surface area (Å²) in [6.45, 7) is 2.18. The van der Waals surface area contributed by atoms with Gasteiger partial charge in [0.1, 0.15) is 0 Å². The molecule has 7 nitrogen and oxygen atoms in total. The van der Waals surface area contributed by atoms with Crippen LogP contribution in [0.25, 0.3) is 22.4 Å². The Morgan fingerprint density at radius 3 is 2.73 bits per heavy atom. The zero-order chi connectivity index (χ0) is 22.5. The van der Waals surface area contributed by atoms with Gasteiger partial charge >= 0.3 is 0 Å². The van der Waals surface area contributed by atoms with E-state index in [4.69, 9.17) is 21.1 Å². The summed E-state index contributed by atoms with van der Waals surface area (Å²) >= 11 is 7.85. The number of para-hydroxylation sites is 1. The van der Waals surface area contributed by atoms with Gasteiger partial charge in [-0.05, 0) is 48.9 Å². The van der Waals surface area contributed by atoms with Crippen LogP contribution in [-0.4, -0.2) is 26.0 Å². The lowest BCUT2D eigenvalue weighted by atomic mass is 10.2. The molecule has 6 rings (SSSR count). The van der Waals surface area contributed by atoms with Gasteiger partial charge in [0.2, 0.25) is 12.6 Å². The van der Waals surface area contributed by atoms with Crippen molar-refractivity contribution in [2.45, 2.75) is 17.8 Å². The van der Waals surface area contributed by atoms with Crippen molar-refractivity contribution in [2.75, 3.05) is 6.79 Å². The van der Waals surface area contributed by atoms with Crippen molar-refractivity contribution >= 4 is 40.0 Å². The van der Waals surface area contributed by atoms with Gasteiger partial charge in [-0.15, -0.1) is 10.2 Å². The summed E-state index contributed by atoms with van der Waals surface area (Å²) in [5.74, 6) is 2.28. The number of hydrogen-bond donors (Lipinski definition) is 0. The molecule has 0 saturated heterocycles. The molecule has 0 amide bonds. The second kappa shape index (κ2) is 7.83. The summed E-state index contributed by atoms with van der Waals surface area (Å²) in [7, 11) is 0. The summed E-state index contributed by atoms with van der Waals surface area (Å²) in [5, 5.41) is 10.6. The molecule has 0 radical (unpaired) electrons. The number of fused-ring (bicyclic) bond motifs is 4. The molecule has 9 heteroatoms. The van der Waals surface area contributed by atoms with Crippen LogP contribution in [0.1, 0.15) is 11.1 Å². The van der Waals surface area contributed by atoms with E-state index in [0.29, 0.717) is 38.6 Å². The van der Waals surface area contributed by atoms with Crippen molar-refractivity contribution < 1.29 is 9.47 Å². The molecular formula is C24H17ClN4O3S. The first-order valence-electron chi connectivity index (χ1n) is 10.3. The van der Waals surface area contributed by atoms with Crippen LogP contribution in [0.15, 0.2) is 70.6 Å². The van der Waals surface area contributed by atoms with Gasteiger partial charge in [0.05, 0.1) is 21.6 Å². The normalized spacial score (nSPS) is 12.7. The van der Waals surface area contributed by atoms with E-state index in [2.05, 4.69) is 10.2 Å². The Hall–Kier alpha value is -3.49. The van der Waals surface area contributed by atoms with E-state index < -0.39 is 0 Å².